The lowest BCUT2D eigenvalue weighted by Crippen LogP contribution is -2.44. The van der Waals surface area contributed by atoms with Crippen molar-refractivity contribution in [1.29, 1.82) is 0 Å². The van der Waals surface area contributed by atoms with E-state index in [-0.39, 0.29) is 17.6 Å². The van der Waals surface area contributed by atoms with Crippen LogP contribution in [0.1, 0.15) is 17.3 Å². The average Bonchev–Trinajstić information content (AvgIpc) is 2.38. The summed E-state index contributed by atoms with van der Waals surface area (Å²) in [5.41, 5.74) is 0.130. The Labute approximate surface area is 127 Å². The number of ether oxygens (including phenoxy) is 2. The lowest BCUT2D eigenvalue weighted by molar-refractivity contribution is -0.274. The number of carbonyl (C=O) groups excluding carboxylic acids is 1. The van der Waals surface area contributed by atoms with Crippen LogP contribution >= 0.6 is 15.9 Å². The van der Waals surface area contributed by atoms with Gasteiger partial charge < -0.3 is 14.4 Å². The first kappa shape index (κ1) is 16.1. The van der Waals surface area contributed by atoms with Gasteiger partial charge in [-0.3, -0.25) is 4.79 Å². The number of morpholine rings is 1. The highest BCUT2D eigenvalue weighted by Crippen LogP contribution is 2.28. The largest absolute Gasteiger partial charge is 0.573 e. The fourth-order valence-electron chi connectivity index (χ4n) is 2.04. The molecule has 1 amide bonds. The molecule has 116 valence electrons. The molecule has 1 fully saturated rings. The van der Waals surface area contributed by atoms with Crippen molar-refractivity contribution in [2.24, 2.45) is 0 Å². The topological polar surface area (TPSA) is 38.8 Å². The summed E-state index contributed by atoms with van der Waals surface area (Å²) in [6.45, 7) is 3.04. The highest BCUT2D eigenvalue weighted by atomic mass is 79.9. The molecule has 0 N–H and O–H groups in total. The van der Waals surface area contributed by atoms with Crippen molar-refractivity contribution < 1.29 is 27.4 Å². The fourth-order valence-corrected chi connectivity index (χ4v) is 2.45. The van der Waals surface area contributed by atoms with Crippen LogP contribution < -0.4 is 4.74 Å². The Morgan fingerprint density at radius 1 is 1.48 bits per heavy atom. The van der Waals surface area contributed by atoms with E-state index < -0.39 is 12.1 Å². The maximum Gasteiger partial charge on any atom is 0.573 e. The minimum Gasteiger partial charge on any atom is -0.406 e. The monoisotopic (exact) mass is 367 g/mol. The SMILES string of the molecule is C[C@@H]1CN(C(=O)c2cc(OC(F)(F)F)ccc2Br)CCO1. The van der Waals surface area contributed by atoms with Gasteiger partial charge in [0.25, 0.3) is 5.91 Å². The zero-order chi connectivity index (χ0) is 15.6. The summed E-state index contributed by atoms with van der Waals surface area (Å²) in [5, 5.41) is 0. The molecule has 0 radical (unpaired) electrons. The van der Waals surface area contributed by atoms with Crippen LogP contribution in [0.25, 0.3) is 0 Å². The molecule has 8 heteroatoms. The predicted octanol–water partition coefficient (Wildman–Crippen LogP) is 3.21. The third-order valence-corrected chi connectivity index (χ3v) is 3.62. The lowest BCUT2D eigenvalue weighted by Gasteiger charge is -2.31. The third-order valence-electron chi connectivity index (χ3n) is 2.93. The minimum atomic E-state index is -4.79. The zero-order valence-electron chi connectivity index (χ0n) is 11.1. The Bertz CT molecular complexity index is 536. The average molecular weight is 368 g/mol. The van der Waals surface area contributed by atoms with Crippen LogP contribution in [-0.4, -0.2) is 43.0 Å². The fraction of sp³-hybridized carbons (Fsp3) is 0.462. The molecule has 1 heterocycles. The molecule has 0 saturated carbocycles. The van der Waals surface area contributed by atoms with E-state index in [9.17, 15) is 18.0 Å². The number of nitrogens with zero attached hydrogens (tertiary/aromatic N) is 1. The van der Waals surface area contributed by atoms with Gasteiger partial charge in [-0.05, 0) is 41.1 Å². The molecular formula is C13H13BrF3NO3. The number of hydrogen-bond donors (Lipinski definition) is 0. The van der Waals surface area contributed by atoms with Crippen molar-refractivity contribution >= 4 is 21.8 Å². The van der Waals surface area contributed by atoms with Crippen LogP contribution in [0.4, 0.5) is 13.2 Å². The van der Waals surface area contributed by atoms with E-state index in [4.69, 9.17) is 4.74 Å². The van der Waals surface area contributed by atoms with Crippen molar-refractivity contribution in [3.63, 3.8) is 0 Å². The second kappa shape index (κ2) is 6.23. The molecule has 2 rings (SSSR count). The summed E-state index contributed by atoms with van der Waals surface area (Å²) < 4.78 is 46.3. The number of halogens is 4. The first-order valence-electron chi connectivity index (χ1n) is 6.22. The van der Waals surface area contributed by atoms with Gasteiger partial charge in [-0.1, -0.05) is 0 Å². The number of hydrogen-bond acceptors (Lipinski definition) is 3. The maximum atomic E-state index is 12.4. The summed E-state index contributed by atoms with van der Waals surface area (Å²) in [6, 6.07) is 3.59. The van der Waals surface area contributed by atoms with E-state index in [0.29, 0.717) is 24.2 Å². The standard InChI is InChI=1S/C13H13BrF3NO3/c1-8-7-18(4-5-20-8)12(19)10-6-9(2-3-11(10)14)21-13(15,16)17/h2-3,6,8H,4-5,7H2,1H3/t8-/m1/s1. The van der Waals surface area contributed by atoms with E-state index in [1.807, 2.05) is 6.92 Å². The van der Waals surface area contributed by atoms with Crippen LogP contribution in [-0.2, 0) is 4.74 Å². The van der Waals surface area contributed by atoms with Crippen LogP contribution in [0, 0.1) is 0 Å². The molecular weight excluding hydrogens is 355 g/mol. The molecule has 1 aliphatic rings. The van der Waals surface area contributed by atoms with Gasteiger partial charge in [-0.2, -0.15) is 0 Å². The molecule has 0 spiro atoms. The quantitative estimate of drug-likeness (QED) is 0.805. The van der Waals surface area contributed by atoms with Crippen LogP contribution in [0.5, 0.6) is 5.75 Å². The van der Waals surface area contributed by atoms with Gasteiger partial charge >= 0.3 is 6.36 Å². The molecule has 0 bridgehead atoms. The highest BCUT2D eigenvalue weighted by Gasteiger charge is 2.32. The molecule has 0 aromatic heterocycles. The molecule has 1 aromatic carbocycles. The number of benzene rings is 1. The van der Waals surface area contributed by atoms with Crippen molar-refractivity contribution in [3.8, 4) is 5.75 Å². The first-order valence-corrected chi connectivity index (χ1v) is 7.02. The van der Waals surface area contributed by atoms with E-state index in [2.05, 4.69) is 20.7 Å². The highest BCUT2D eigenvalue weighted by molar-refractivity contribution is 9.10. The second-order valence-corrected chi connectivity index (χ2v) is 5.48. The predicted molar refractivity (Wildman–Crippen MR) is 72.1 cm³/mol. The summed E-state index contributed by atoms with van der Waals surface area (Å²) >= 11 is 3.18. The molecule has 1 atom stereocenters. The molecule has 1 saturated heterocycles. The van der Waals surface area contributed by atoms with E-state index in [0.717, 1.165) is 12.1 Å². The molecule has 4 nitrogen and oxygen atoms in total. The van der Waals surface area contributed by atoms with Gasteiger partial charge in [0.2, 0.25) is 0 Å². The lowest BCUT2D eigenvalue weighted by atomic mass is 10.1. The Balaban J connectivity index is 2.21. The number of alkyl halides is 3. The van der Waals surface area contributed by atoms with Gasteiger partial charge in [0, 0.05) is 17.6 Å². The van der Waals surface area contributed by atoms with Gasteiger partial charge in [0.1, 0.15) is 5.75 Å². The summed E-state index contributed by atoms with van der Waals surface area (Å²) in [6.07, 6.45) is -4.89. The second-order valence-electron chi connectivity index (χ2n) is 4.62. The van der Waals surface area contributed by atoms with Crippen LogP contribution in [0.15, 0.2) is 22.7 Å². The summed E-state index contributed by atoms with van der Waals surface area (Å²) in [7, 11) is 0. The maximum absolute atomic E-state index is 12.4. The Hall–Kier alpha value is -1.28. The normalized spacial score (nSPS) is 19.5. The number of carbonyl (C=O) groups is 1. The molecule has 21 heavy (non-hydrogen) atoms. The minimum absolute atomic E-state index is 0.101. The molecule has 1 aromatic rings. The van der Waals surface area contributed by atoms with Gasteiger partial charge in [-0.25, -0.2) is 0 Å². The number of amides is 1. The summed E-state index contributed by atoms with van der Waals surface area (Å²) in [5.74, 6) is -0.778. The van der Waals surface area contributed by atoms with E-state index in [1.54, 1.807) is 4.90 Å². The zero-order valence-corrected chi connectivity index (χ0v) is 12.7. The van der Waals surface area contributed by atoms with Crippen LogP contribution in [0.2, 0.25) is 0 Å². The molecule has 1 aliphatic heterocycles. The van der Waals surface area contributed by atoms with Crippen molar-refractivity contribution in [2.75, 3.05) is 19.7 Å². The molecule has 0 unspecified atom stereocenters. The third kappa shape index (κ3) is 4.34. The molecule has 0 aliphatic carbocycles. The van der Waals surface area contributed by atoms with Crippen molar-refractivity contribution in [3.05, 3.63) is 28.2 Å². The van der Waals surface area contributed by atoms with Crippen molar-refractivity contribution in [2.45, 2.75) is 19.4 Å². The van der Waals surface area contributed by atoms with Crippen molar-refractivity contribution in [1.82, 2.24) is 4.90 Å². The van der Waals surface area contributed by atoms with Gasteiger partial charge in [-0.15, -0.1) is 13.2 Å². The van der Waals surface area contributed by atoms with E-state index in [1.165, 1.54) is 6.07 Å². The number of rotatable bonds is 2. The first-order chi connectivity index (χ1) is 9.76. The Morgan fingerprint density at radius 3 is 2.81 bits per heavy atom. The summed E-state index contributed by atoms with van der Waals surface area (Å²) in [4.78, 5) is 13.9. The Morgan fingerprint density at radius 2 is 2.19 bits per heavy atom. The van der Waals surface area contributed by atoms with E-state index >= 15 is 0 Å². The van der Waals surface area contributed by atoms with Crippen LogP contribution in [0.3, 0.4) is 0 Å². The smallest absolute Gasteiger partial charge is 0.406 e. The Kier molecular flexibility index (Phi) is 4.77. The van der Waals surface area contributed by atoms with Gasteiger partial charge in [0.15, 0.2) is 0 Å². The van der Waals surface area contributed by atoms with Gasteiger partial charge in [0.05, 0.1) is 18.3 Å².